The number of amides is 1. The van der Waals surface area contributed by atoms with Gasteiger partial charge in [0, 0.05) is 13.0 Å². The van der Waals surface area contributed by atoms with Crippen molar-refractivity contribution in [3.05, 3.63) is 60.2 Å². The van der Waals surface area contributed by atoms with Gasteiger partial charge in [-0.2, -0.15) is 0 Å². The van der Waals surface area contributed by atoms with E-state index in [-0.39, 0.29) is 30.6 Å². The first-order valence-electron chi connectivity index (χ1n) is 15.1. The van der Waals surface area contributed by atoms with Crippen molar-refractivity contribution in [1.82, 2.24) is 5.48 Å². The first-order chi connectivity index (χ1) is 19.9. The van der Waals surface area contributed by atoms with Gasteiger partial charge in [-0.3, -0.25) is 4.79 Å². The Labute approximate surface area is 242 Å². The van der Waals surface area contributed by atoms with Crippen molar-refractivity contribution in [3.63, 3.8) is 0 Å². The summed E-state index contributed by atoms with van der Waals surface area (Å²) >= 11 is 0. The number of hydroxylamine groups is 1. The second-order valence-corrected chi connectivity index (χ2v) is 12.5. The minimum atomic E-state index is -0.420. The van der Waals surface area contributed by atoms with Crippen LogP contribution in [-0.2, 0) is 29.3 Å². The second-order valence-electron chi connectivity index (χ2n) is 12.5. The number of hydrogen-bond donors (Lipinski definition) is 1. The van der Waals surface area contributed by atoms with Crippen LogP contribution in [0.4, 0.5) is 0 Å². The highest BCUT2D eigenvalue weighted by Gasteiger charge is 2.52. The highest BCUT2D eigenvalue weighted by atomic mass is 16.8. The first kappa shape index (κ1) is 28.0. The third-order valence-corrected chi connectivity index (χ3v) is 9.62. The molecule has 0 radical (unpaired) electrons. The molecule has 1 aliphatic heterocycles. The first-order valence-corrected chi connectivity index (χ1v) is 15.1. The van der Waals surface area contributed by atoms with Crippen LogP contribution in [0.3, 0.4) is 0 Å². The zero-order valence-electron chi connectivity index (χ0n) is 24.0. The molecular weight excluding hydrogens is 518 g/mol. The molecule has 0 spiro atoms. The molecule has 5 fully saturated rings. The minimum Gasteiger partial charge on any atom is -0.493 e. The number of hydrogen-bond acceptors (Lipinski definition) is 6. The number of carbonyl (C=O) groups is 2. The minimum absolute atomic E-state index is 0.156. The van der Waals surface area contributed by atoms with Gasteiger partial charge in [0.1, 0.15) is 5.75 Å². The van der Waals surface area contributed by atoms with Gasteiger partial charge in [0.05, 0.1) is 25.7 Å². The van der Waals surface area contributed by atoms with Crippen LogP contribution in [0.1, 0.15) is 75.3 Å². The Bertz CT molecular complexity index is 1240. The summed E-state index contributed by atoms with van der Waals surface area (Å²) < 4.78 is 16.5. The third-order valence-electron chi connectivity index (χ3n) is 9.62. The molecule has 41 heavy (non-hydrogen) atoms. The Morgan fingerprint density at radius 1 is 1.00 bits per heavy atom. The molecule has 7 nitrogen and oxygen atoms in total. The van der Waals surface area contributed by atoms with Crippen LogP contribution in [-0.4, -0.2) is 38.5 Å². The van der Waals surface area contributed by atoms with Crippen molar-refractivity contribution in [1.29, 1.82) is 0 Å². The maximum Gasteiger partial charge on any atom is 0.337 e. The maximum absolute atomic E-state index is 12.3. The fourth-order valence-corrected chi connectivity index (χ4v) is 8.08. The van der Waals surface area contributed by atoms with Gasteiger partial charge in [-0.15, -0.1) is 0 Å². The lowest BCUT2D eigenvalue weighted by atomic mass is 9.47. The molecule has 4 aliphatic carbocycles. The molecule has 1 heterocycles. The molecule has 1 saturated heterocycles. The molecule has 2 aromatic carbocycles. The van der Waals surface area contributed by atoms with Crippen molar-refractivity contribution < 1.29 is 28.6 Å². The number of benzene rings is 2. The summed E-state index contributed by atoms with van der Waals surface area (Å²) in [5.41, 5.74) is 7.47. The lowest BCUT2D eigenvalue weighted by Crippen LogP contribution is -2.48. The maximum atomic E-state index is 12.3. The Balaban J connectivity index is 1.20. The van der Waals surface area contributed by atoms with E-state index >= 15 is 0 Å². The summed E-state index contributed by atoms with van der Waals surface area (Å²) in [6.07, 6.45) is 10.5. The summed E-state index contributed by atoms with van der Waals surface area (Å²) in [6, 6.07) is 14.4. The lowest BCUT2D eigenvalue weighted by Gasteiger charge is -2.57. The van der Waals surface area contributed by atoms with E-state index in [4.69, 9.17) is 19.0 Å². The van der Waals surface area contributed by atoms with Crippen molar-refractivity contribution in [3.8, 4) is 16.9 Å². The van der Waals surface area contributed by atoms with Gasteiger partial charge in [-0.25, -0.2) is 15.1 Å². The van der Waals surface area contributed by atoms with Gasteiger partial charge in [-0.05, 0) is 109 Å². The van der Waals surface area contributed by atoms with Gasteiger partial charge in [0.2, 0.25) is 5.91 Å². The van der Waals surface area contributed by atoms with Crippen LogP contribution in [0, 0.1) is 17.8 Å². The normalized spacial score (nSPS) is 28.2. The molecule has 4 bridgehead atoms. The van der Waals surface area contributed by atoms with Crippen molar-refractivity contribution in [2.75, 3.05) is 20.3 Å². The van der Waals surface area contributed by atoms with Crippen LogP contribution in [0.25, 0.3) is 16.7 Å². The highest BCUT2D eigenvalue weighted by molar-refractivity contribution is 6.15. The topological polar surface area (TPSA) is 83.1 Å². The van der Waals surface area contributed by atoms with Gasteiger partial charge in [-0.1, -0.05) is 36.9 Å². The standard InChI is InChI=1S/C34H41NO6/c1-22(33(37)38-2)26-6-8-27(9-7-26)29-11-10-28(39-14-12-31(36)35-41-32-5-3-4-13-40-32)18-30(29)34-19-23-15-24(20-34)17-25(16-23)21-34/h6-11,18,23-25,32H,1,3-5,12-17,19-21H2,2H3,(H,35,36). The molecule has 1 atom stereocenters. The van der Waals surface area contributed by atoms with Gasteiger partial charge in [0.25, 0.3) is 0 Å². The number of nitrogens with one attached hydrogen (secondary N) is 1. The summed E-state index contributed by atoms with van der Waals surface area (Å²) in [4.78, 5) is 29.7. The van der Waals surface area contributed by atoms with E-state index in [1.165, 1.54) is 56.8 Å². The van der Waals surface area contributed by atoms with Gasteiger partial charge in [0.15, 0.2) is 6.29 Å². The van der Waals surface area contributed by atoms with E-state index < -0.39 is 5.97 Å². The zero-order chi connectivity index (χ0) is 28.4. The summed E-state index contributed by atoms with van der Waals surface area (Å²) in [5.74, 6) is 2.57. The molecular formula is C34H41NO6. The third kappa shape index (κ3) is 6.07. The van der Waals surface area contributed by atoms with Crippen molar-refractivity contribution in [2.24, 2.45) is 17.8 Å². The van der Waals surface area contributed by atoms with Crippen molar-refractivity contribution in [2.45, 2.75) is 75.9 Å². The molecule has 1 N–H and O–H groups in total. The molecule has 5 aliphatic rings. The quantitative estimate of drug-likeness (QED) is 0.208. The smallest absolute Gasteiger partial charge is 0.337 e. The van der Waals surface area contributed by atoms with Crippen molar-refractivity contribution >= 4 is 17.4 Å². The SMILES string of the molecule is C=C(C(=O)OC)c1ccc(-c2ccc(OCCC(=O)NOC3CCCCO3)cc2C23CC4CC(CC(C4)C2)C3)cc1. The Morgan fingerprint density at radius 3 is 2.34 bits per heavy atom. The fourth-order valence-electron chi connectivity index (χ4n) is 8.08. The lowest BCUT2D eigenvalue weighted by molar-refractivity contribution is -0.200. The average molecular weight is 560 g/mol. The molecule has 1 amide bonds. The van der Waals surface area contributed by atoms with Crippen LogP contribution >= 0.6 is 0 Å². The Hall–Kier alpha value is -3.16. The van der Waals surface area contributed by atoms with Crippen LogP contribution in [0.2, 0.25) is 0 Å². The monoisotopic (exact) mass is 559 g/mol. The molecule has 218 valence electrons. The number of methoxy groups -OCH3 is 1. The number of ether oxygens (including phenoxy) is 3. The summed E-state index contributed by atoms with van der Waals surface area (Å²) in [6.45, 7) is 4.83. The molecule has 2 aromatic rings. The van der Waals surface area contributed by atoms with E-state index in [1.54, 1.807) is 0 Å². The number of carbonyl (C=O) groups excluding carboxylic acids is 2. The molecule has 1 unspecified atom stereocenters. The van der Waals surface area contributed by atoms with Crippen LogP contribution in [0.15, 0.2) is 49.0 Å². The Morgan fingerprint density at radius 2 is 1.71 bits per heavy atom. The largest absolute Gasteiger partial charge is 0.493 e. The molecule has 7 heteroatoms. The fraction of sp³-hybridized carbons (Fsp3) is 0.529. The van der Waals surface area contributed by atoms with Crippen LogP contribution < -0.4 is 10.2 Å². The zero-order valence-corrected chi connectivity index (χ0v) is 24.0. The average Bonchev–Trinajstić information content (AvgIpc) is 2.99. The number of esters is 1. The van der Waals surface area contributed by atoms with E-state index in [0.29, 0.717) is 12.2 Å². The Kier molecular flexibility index (Phi) is 8.18. The highest BCUT2D eigenvalue weighted by Crippen LogP contribution is 2.62. The summed E-state index contributed by atoms with van der Waals surface area (Å²) in [5, 5.41) is 0. The van der Waals surface area contributed by atoms with Crippen LogP contribution in [0.5, 0.6) is 5.75 Å². The molecule has 0 aromatic heterocycles. The van der Waals surface area contributed by atoms with E-state index in [1.807, 2.05) is 18.2 Å². The van der Waals surface area contributed by atoms with Gasteiger partial charge >= 0.3 is 5.97 Å². The predicted octanol–water partition coefficient (Wildman–Crippen LogP) is 6.35. The predicted molar refractivity (Wildman–Crippen MR) is 156 cm³/mol. The molecule has 7 rings (SSSR count). The van der Waals surface area contributed by atoms with Gasteiger partial charge < -0.3 is 14.2 Å². The van der Waals surface area contributed by atoms with E-state index in [9.17, 15) is 9.59 Å². The second kappa shape index (κ2) is 12.0. The number of rotatable bonds is 10. The van der Waals surface area contributed by atoms with E-state index in [2.05, 4.69) is 36.3 Å². The van der Waals surface area contributed by atoms with E-state index in [0.717, 1.165) is 53.9 Å². The summed E-state index contributed by atoms with van der Waals surface area (Å²) in [7, 11) is 1.37. The molecule has 4 saturated carbocycles.